The Morgan fingerprint density at radius 1 is 0.829 bits per heavy atom. The van der Waals surface area contributed by atoms with Crippen molar-refractivity contribution in [3.05, 3.63) is 107 Å². The first-order valence-electron chi connectivity index (χ1n) is 14.0. The van der Waals surface area contributed by atoms with Crippen LogP contribution in [0.5, 0.6) is 0 Å². The Morgan fingerprint density at radius 2 is 1.32 bits per heavy atom. The zero-order valence-corrected chi connectivity index (χ0v) is 25.8. The fourth-order valence-electron chi connectivity index (χ4n) is 4.65. The zero-order chi connectivity index (χ0) is 29.8. The van der Waals surface area contributed by atoms with E-state index in [0.717, 1.165) is 11.1 Å². The van der Waals surface area contributed by atoms with Crippen LogP contribution in [0.2, 0.25) is 18.1 Å². The SMILES string of the molecule is C[C@H]([C@@H](CO[Si](C)(C)C(C)(C)C)N(Cc1ccccc1)C(=O)OCc1ccccc1)N1C(=O)c2ccccc2C1=O. The molecule has 0 saturated carbocycles. The molecule has 41 heavy (non-hydrogen) atoms. The van der Waals surface area contributed by atoms with Crippen molar-refractivity contribution in [2.45, 2.75) is 71.1 Å². The molecule has 1 aliphatic rings. The van der Waals surface area contributed by atoms with Crippen molar-refractivity contribution in [2.24, 2.45) is 0 Å². The Bertz CT molecular complexity index is 1340. The lowest BCUT2D eigenvalue weighted by atomic mass is 10.1. The van der Waals surface area contributed by atoms with Gasteiger partial charge in [0, 0.05) is 6.54 Å². The highest BCUT2D eigenvalue weighted by molar-refractivity contribution is 6.74. The third-order valence-corrected chi connectivity index (χ3v) is 12.7. The number of hydrogen-bond acceptors (Lipinski definition) is 5. The van der Waals surface area contributed by atoms with Gasteiger partial charge in [-0.1, -0.05) is 93.6 Å². The highest BCUT2D eigenvalue weighted by atomic mass is 28.4. The maximum absolute atomic E-state index is 13.9. The van der Waals surface area contributed by atoms with Gasteiger partial charge in [-0.25, -0.2) is 4.79 Å². The van der Waals surface area contributed by atoms with E-state index in [1.165, 1.54) is 4.90 Å². The van der Waals surface area contributed by atoms with Crippen molar-refractivity contribution >= 4 is 26.2 Å². The topological polar surface area (TPSA) is 76.2 Å². The van der Waals surface area contributed by atoms with Crippen LogP contribution in [0.25, 0.3) is 0 Å². The molecule has 0 fully saturated rings. The van der Waals surface area contributed by atoms with Crippen LogP contribution in [0, 0.1) is 0 Å². The lowest BCUT2D eigenvalue weighted by Gasteiger charge is -2.42. The Labute approximate surface area is 244 Å². The van der Waals surface area contributed by atoms with Crippen molar-refractivity contribution in [2.75, 3.05) is 6.61 Å². The van der Waals surface area contributed by atoms with Crippen LogP contribution in [0.15, 0.2) is 84.9 Å². The summed E-state index contributed by atoms with van der Waals surface area (Å²) in [6.45, 7) is 13.0. The number of carbonyl (C=O) groups excluding carboxylic acids is 3. The number of hydrogen-bond donors (Lipinski definition) is 0. The number of fused-ring (bicyclic) bond motifs is 1. The number of imide groups is 1. The largest absolute Gasteiger partial charge is 0.445 e. The van der Waals surface area contributed by atoms with Crippen LogP contribution in [-0.2, 0) is 22.3 Å². The summed E-state index contributed by atoms with van der Waals surface area (Å²) in [5.41, 5.74) is 2.50. The number of benzene rings is 3. The first kappa shape index (κ1) is 30.2. The molecule has 7 nitrogen and oxygen atoms in total. The Kier molecular flexibility index (Phi) is 9.14. The van der Waals surface area contributed by atoms with Gasteiger partial charge in [0.15, 0.2) is 8.32 Å². The summed E-state index contributed by atoms with van der Waals surface area (Å²) in [5, 5.41) is -0.0750. The third kappa shape index (κ3) is 6.77. The lowest BCUT2D eigenvalue weighted by Crippen LogP contribution is -2.57. The smallest absolute Gasteiger partial charge is 0.410 e. The van der Waals surface area contributed by atoms with E-state index in [4.69, 9.17) is 9.16 Å². The van der Waals surface area contributed by atoms with Gasteiger partial charge in [0.05, 0.1) is 29.8 Å². The summed E-state index contributed by atoms with van der Waals surface area (Å²) >= 11 is 0. The highest BCUT2D eigenvalue weighted by Gasteiger charge is 2.45. The maximum Gasteiger partial charge on any atom is 0.410 e. The van der Waals surface area contributed by atoms with E-state index >= 15 is 0 Å². The minimum atomic E-state index is -2.26. The van der Waals surface area contributed by atoms with E-state index in [1.54, 1.807) is 29.2 Å². The van der Waals surface area contributed by atoms with Crippen molar-refractivity contribution in [3.63, 3.8) is 0 Å². The van der Waals surface area contributed by atoms with Gasteiger partial charge in [-0.2, -0.15) is 0 Å². The monoisotopic (exact) mass is 572 g/mol. The van der Waals surface area contributed by atoms with Gasteiger partial charge in [0.25, 0.3) is 11.8 Å². The van der Waals surface area contributed by atoms with E-state index in [9.17, 15) is 14.4 Å². The van der Waals surface area contributed by atoms with E-state index in [1.807, 2.05) is 67.6 Å². The summed E-state index contributed by atoms with van der Waals surface area (Å²) in [6, 6.07) is 24.6. The first-order chi connectivity index (χ1) is 19.4. The number of ether oxygens (including phenoxy) is 1. The second-order valence-electron chi connectivity index (χ2n) is 12.1. The summed E-state index contributed by atoms with van der Waals surface area (Å²) in [7, 11) is -2.26. The van der Waals surface area contributed by atoms with E-state index in [0.29, 0.717) is 11.1 Å². The molecule has 0 bridgehead atoms. The Hall–Kier alpha value is -3.75. The lowest BCUT2D eigenvalue weighted by molar-refractivity contribution is 0.0255. The number of rotatable bonds is 10. The van der Waals surface area contributed by atoms with Gasteiger partial charge >= 0.3 is 6.09 Å². The number of nitrogens with zero attached hydrogens (tertiary/aromatic N) is 2. The van der Waals surface area contributed by atoms with Crippen molar-refractivity contribution in [1.29, 1.82) is 0 Å². The van der Waals surface area contributed by atoms with Crippen LogP contribution in [0.3, 0.4) is 0 Å². The van der Waals surface area contributed by atoms with E-state index < -0.39 is 26.5 Å². The van der Waals surface area contributed by atoms with Crippen molar-refractivity contribution in [3.8, 4) is 0 Å². The summed E-state index contributed by atoms with van der Waals surface area (Å²) in [6.07, 6.45) is -0.537. The van der Waals surface area contributed by atoms with Gasteiger partial charge in [-0.05, 0) is 48.3 Å². The van der Waals surface area contributed by atoms with Crippen molar-refractivity contribution < 1.29 is 23.5 Å². The molecule has 0 radical (unpaired) electrons. The van der Waals surface area contributed by atoms with Crippen molar-refractivity contribution in [1.82, 2.24) is 9.80 Å². The predicted molar refractivity (Wildman–Crippen MR) is 162 cm³/mol. The molecule has 3 aromatic carbocycles. The highest BCUT2D eigenvalue weighted by Crippen LogP contribution is 2.37. The van der Waals surface area contributed by atoms with Gasteiger partial charge in [0.1, 0.15) is 6.61 Å². The number of carbonyl (C=O) groups is 3. The molecule has 0 aliphatic carbocycles. The predicted octanol–water partition coefficient (Wildman–Crippen LogP) is 6.90. The zero-order valence-electron chi connectivity index (χ0n) is 24.8. The molecule has 8 heteroatoms. The molecule has 0 aromatic heterocycles. The average molecular weight is 573 g/mol. The van der Waals surface area contributed by atoms with E-state index in [2.05, 4.69) is 33.9 Å². The fourth-order valence-corrected chi connectivity index (χ4v) is 5.67. The quantitative estimate of drug-likeness (QED) is 0.195. The molecule has 1 heterocycles. The summed E-state index contributed by atoms with van der Waals surface area (Å²) < 4.78 is 12.5. The average Bonchev–Trinajstić information content (AvgIpc) is 3.21. The minimum absolute atomic E-state index is 0.0750. The second kappa shape index (κ2) is 12.4. The summed E-state index contributed by atoms with van der Waals surface area (Å²) in [5.74, 6) is -0.736. The molecule has 4 rings (SSSR count). The van der Waals surface area contributed by atoms with Gasteiger partial charge in [0.2, 0.25) is 0 Å². The molecule has 0 N–H and O–H groups in total. The van der Waals surface area contributed by atoms with Crippen LogP contribution in [0.4, 0.5) is 4.79 Å². The molecule has 3 aromatic rings. The van der Waals surface area contributed by atoms with Crippen LogP contribution >= 0.6 is 0 Å². The van der Waals surface area contributed by atoms with Crippen LogP contribution in [0.1, 0.15) is 59.5 Å². The first-order valence-corrected chi connectivity index (χ1v) is 16.9. The molecule has 1 aliphatic heterocycles. The standard InChI is InChI=1S/C33H40N2O5Si/c1-24(35-30(36)27-19-13-14-20-28(27)31(35)37)29(23-40-41(5,6)33(2,3)4)34(21-25-15-9-7-10-16-25)32(38)39-22-26-17-11-8-12-18-26/h7-20,24,29H,21-23H2,1-6H3/t24-,29-/m1/s1. The van der Waals surface area contributed by atoms with Gasteiger partial charge in [-0.15, -0.1) is 0 Å². The molecule has 0 unspecified atom stereocenters. The van der Waals surface area contributed by atoms with E-state index in [-0.39, 0.29) is 36.6 Å². The van der Waals surface area contributed by atoms with Gasteiger partial charge < -0.3 is 9.16 Å². The molecule has 3 amide bonds. The Morgan fingerprint density at radius 3 is 1.83 bits per heavy atom. The van der Waals surface area contributed by atoms with Gasteiger partial charge in [-0.3, -0.25) is 19.4 Å². The second-order valence-corrected chi connectivity index (χ2v) is 16.9. The molecular formula is C33H40N2O5Si. The molecule has 216 valence electrons. The van der Waals surface area contributed by atoms with Crippen LogP contribution < -0.4 is 0 Å². The van der Waals surface area contributed by atoms with Crippen LogP contribution in [-0.4, -0.2) is 54.7 Å². The molecule has 2 atom stereocenters. The third-order valence-electron chi connectivity index (χ3n) is 8.25. The number of amides is 3. The molecule has 0 spiro atoms. The molecular weight excluding hydrogens is 532 g/mol. The normalized spacial score (nSPS) is 14.9. The summed E-state index contributed by atoms with van der Waals surface area (Å²) in [4.78, 5) is 43.8. The Balaban J connectivity index is 1.70. The maximum atomic E-state index is 13.9. The fraction of sp³-hybridized carbons (Fsp3) is 0.364. The molecule has 0 saturated heterocycles. The minimum Gasteiger partial charge on any atom is -0.445 e.